The third kappa shape index (κ3) is 3.80. The number of nitrogens with zero attached hydrogens (tertiary/aromatic N) is 2. The Hall–Kier alpha value is -3.78. The number of aliphatic imine (C=N–C) groups is 1. The van der Waals surface area contributed by atoms with E-state index in [2.05, 4.69) is 9.98 Å². The van der Waals surface area contributed by atoms with Gasteiger partial charge in [-0.3, -0.25) is 9.98 Å². The number of pyridine rings is 1. The topological polar surface area (TPSA) is 54.7 Å². The number of fused-ring (bicyclic) bond motifs is 2. The Balaban J connectivity index is 1.47. The minimum Gasteiger partial charge on any atom is -0.488 e. The molecule has 1 aromatic heterocycles. The molecule has 1 aliphatic heterocycles. The summed E-state index contributed by atoms with van der Waals surface area (Å²) in [6, 6.07) is 17.7. The molecule has 4 aromatic rings. The Morgan fingerprint density at radius 2 is 1.71 bits per heavy atom. The van der Waals surface area contributed by atoms with Crippen molar-refractivity contribution < 1.29 is 27.4 Å². The molecule has 1 aliphatic rings. The van der Waals surface area contributed by atoms with Crippen LogP contribution in [0.25, 0.3) is 10.9 Å². The summed E-state index contributed by atoms with van der Waals surface area (Å²) in [5.41, 5.74) is -1.40. The van der Waals surface area contributed by atoms with Gasteiger partial charge in [-0.1, -0.05) is 42.5 Å². The quantitative estimate of drug-likeness (QED) is 0.383. The van der Waals surface area contributed by atoms with Crippen molar-refractivity contribution in [2.45, 2.75) is 17.8 Å². The van der Waals surface area contributed by atoms with Gasteiger partial charge in [0.25, 0.3) is 0 Å². The number of rotatable bonds is 5. The second kappa shape index (κ2) is 8.22. The van der Waals surface area contributed by atoms with Gasteiger partial charge in [0.1, 0.15) is 29.7 Å². The summed E-state index contributed by atoms with van der Waals surface area (Å²) in [6.45, 7) is -1.05. The number of para-hydroxylation sites is 1. The zero-order valence-electron chi connectivity index (χ0n) is 17.6. The van der Waals surface area contributed by atoms with Crippen LogP contribution < -0.4 is 4.74 Å². The Morgan fingerprint density at radius 1 is 0.941 bits per heavy atom. The van der Waals surface area contributed by atoms with Crippen LogP contribution in [-0.4, -0.2) is 29.1 Å². The lowest BCUT2D eigenvalue weighted by Crippen LogP contribution is -2.47. The van der Waals surface area contributed by atoms with Crippen LogP contribution in [0, 0.1) is 5.82 Å². The summed E-state index contributed by atoms with van der Waals surface area (Å²) in [6.07, 6.45) is -2.03. The maximum atomic E-state index is 14.1. The zero-order valence-corrected chi connectivity index (χ0v) is 17.6. The van der Waals surface area contributed by atoms with Gasteiger partial charge < -0.3 is 9.84 Å². The number of aliphatic hydroxyl groups is 1. The third-order valence-electron chi connectivity index (χ3n) is 5.91. The predicted molar refractivity (Wildman–Crippen MR) is 119 cm³/mol. The van der Waals surface area contributed by atoms with Gasteiger partial charge >= 0.3 is 6.18 Å². The molecule has 0 bridgehead atoms. The summed E-state index contributed by atoms with van der Waals surface area (Å²) in [5.74, 6) is -0.252. The molecule has 34 heavy (non-hydrogen) atoms. The fraction of sp³-hybridized carbons (Fsp3) is 0.154. The van der Waals surface area contributed by atoms with Gasteiger partial charge in [0.05, 0.1) is 0 Å². The summed E-state index contributed by atoms with van der Waals surface area (Å²) in [5, 5.41) is 11.5. The molecule has 3 aromatic carbocycles. The first kappa shape index (κ1) is 22.0. The second-order valence-corrected chi connectivity index (χ2v) is 8.05. The average molecular weight is 466 g/mol. The molecule has 0 saturated heterocycles. The minimum absolute atomic E-state index is 0.139. The highest BCUT2D eigenvalue weighted by Gasteiger charge is 2.56. The highest BCUT2D eigenvalue weighted by atomic mass is 19.4. The van der Waals surface area contributed by atoms with Gasteiger partial charge in [-0.15, -0.1) is 0 Å². The molecule has 1 N–H and O–H groups in total. The molecule has 0 amide bonds. The maximum Gasteiger partial charge on any atom is 0.424 e. The van der Waals surface area contributed by atoms with E-state index in [1.54, 1.807) is 36.4 Å². The monoisotopic (exact) mass is 466 g/mol. The van der Waals surface area contributed by atoms with Gasteiger partial charge in [0.2, 0.25) is 5.60 Å². The molecule has 0 radical (unpaired) electrons. The van der Waals surface area contributed by atoms with Crippen LogP contribution >= 0.6 is 0 Å². The number of hydrogen-bond donors (Lipinski definition) is 1. The predicted octanol–water partition coefficient (Wildman–Crippen LogP) is 5.72. The number of aromatic nitrogens is 1. The van der Waals surface area contributed by atoms with Crippen molar-refractivity contribution in [2.24, 2.45) is 4.99 Å². The van der Waals surface area contributed by atoms with Crippen LogP contribution in [0.2, 0.25) is 0 Å². The Kier molecular flexibility index (Phi) is 5.32. The third-order valence-corrected chi connectivity index (χ3v) is 5.91. The Morgan fingerprint density at radius 3 is 2.47 bits per heavy atom. The Bertz CT molecular complexity index is 1380. The molecule has 8 heteroatoms. The Labute approximate surface area is 192 Å². The van der Waals surface area contributed by atoms with Crippen LogP contribution in [0.3, 0.4) is 0 Å². The van der Waals surface area contributed by atoms with Crippen molar-refractivity contribution in [1.82, 2.24) is 4.98 Å². The fourth-order valence-corrected chi connectivity index (χ4v) is 4.04. The molecule has 2 unspecified atom stereocenters. The smallest absolute Gasteiger partial charge is 0.424 e. The molecular formula is C26H18F4N2O2. The SMILES string of the molecule is OC(COc1cccc2cccnc12)(c1ccc2c(c1)C=NC2c1ccc(F)cc1)C(F)(F)F. The van der Waals surface area contributed by atoms with Crippen molar-refractivity contribution in [3.8, 4) is 5.75 Å². The van der Waals surface area contributed by atoms with Crippen molar-refractivity contribution in [3.63, 3.8) is 0 Å². The molecule has 0 aliphatic carbocycles. The highest BCUT2D eigenvalue weighted by molar-refractivity contribution is 5.86. The molecule has 172 valence electrons. The normalized spacial score (nSPS) is 16.9. The van der Waals surface area contributed by atoms with Gasteiger partial charge in [-0.25, -0.2) is 4.39 Å². The molecule has 5 rings (SSSR count). The van der Waals surface area contributed by atoms with E-state index in [9.17, 15) is 22.7 Å². The maximum absolute atomic E-state index is 14.1. The van der Waals surface area contributed by atoms with Gasteiger partial charge in [0, 0.05) is 17.8 Å². The lowest BCUT2D eigenvalue weighted by atomic mass is 9.89. The van der Waals surface area contributed by atoms with Crippen molar-refractivity contribution in [3.05, 3.63) is 107 Å². The van der Waals surface area contributed by atoms with E-state index in [4.69, 9.17) is 4.74 Å². The van der Waals surface area contributed by atoms with Crippen molar-refractivity contribution in [1.29, 1.82) is 0 Å². The largest absolute Gasteiger partial charge is 0.488 e. The minimum atomic E-state index is -5.01. The first-order chi connectivity index (χ1) is 16.3. The first-order valence-electron chi connectivity index (χ1n) is 10.4. The molecule has 2 heterocycles. The van der Waals surface area contributed by atoms with Crippen LogP contribution in [0.4, 0.5) is 17.6 Å². The average Bonchev–Trinajstić information content (AvgIpc) is 3.25. The molecule has 0 fully saturated rings. The lowest BCUT2D eigenvalue weighted by molar-refractivity contribution is -0.275. The van der Waals surface area contributed by atoms with Crippen molar-refractivity contribution >= 4 is 17.1 Å². The zero-order chi connectivity index (χ0) is 23.9. The molecule has 0 spiro atoms. The van der Waals surface area contributed by atoms with E-state index < -0.39 is 30.2 Å². The molecular weight excluding hydrogens is 448 g/mol. The number of benzene rings is 3. The van der Waals surface area contributed by atoms with E-state index in [0.717, 1.165) is 0 Å². The summed E-state index contributed by atoms with van der Waals surface area (Å²) >= 11 is 0. The number of alkyl halides is 3. The van der Waals surface area contributed by atoms with Crippen LogP contribution in [0.5, 0.6) is 5.75 Å². The van der Waals surface area contributed by atoms with Crippen LogP contribution in [0.15, 0.2) is 84.0 Å². The van der Waals surface area contributed by atoms with E-state index >= 15 is 0 Å². The molecule has 0 saturated carbocycles. The van der Waals surface area contributed by atoms with E-state index in [1.807, 2.05) is 0 Å². The lowest BCUT2D eigenvalue weighted by Gasteiger charge is -2.31. The van der Waals surface area contributed by atoms with E-state index in [-0.39, 0.29) is 11.3 Å². The van der Waals surface area contributed by atoms with Crippen LogP contribution in [0.1, 0.15) is 28.3 Å². The summed E-state index contributed by atoms with van der Waals surface area (Å²) in [7, 11) is 0. The van der Waals surface area contributed by atoms with E-state index in [1.165, 1.54) is 48.8 Å². The van der Waals surface area contributed by atoms with Crippen LogP contribution in [-0.2, 0) is 5.60 Å². The summed E-state index contributed by atoms with van der Waals surface area (Å²) in [4.78, 5) is 8.54. The summed E-state index contributed by atoms with van der Waals surface area (Å²) < 4.78 is 61.1. The first-order valence-corrected chi connectivity index (χ1v) is 10.4. The van der Waals surface area contributed by atoms with Gasteiger partial charge in [-0.05, 0) is 52.6 Å². The molecule has 2 atom stereocenters. The van der Waals surface area contributed by atoms with Gasteiger partial charge in [0.15, 0.2) is 0 Å². The van der Waals surface area contributed by atoms with Crippen molar-refractivity contribution in [2.75, 3.05) is 6.61 Å². The standard InChI is InChI=1S/C26H18F4N2O2/c27-20-9-6-17(7-10-20)23-21-11-8-19(13-18(21)14-32-23)25(33,26(28,29)30)15-34-22-5-1-3-16-4-2-12-31-24(16)22/h1-14,23,33H,15H2. The number of hydrogen-bond acceptors (Lipinski definition) is 4. The second-order valence-electron chi connectivity index (χ2n) is 8.05. The van der Waals surface area contributed by atoms with E-state index in [0.29, 0.717) is 27.6 Å². The fourth-order valence-electron chi connectivity index (χ4n) is 4.04. The highest BCUT2D eigenvalue weighted by Crippen LogP contribution is 2.42. The number of halogens is 4. The number of ether oxygens (including phenoxy) is 1. The van der Waals surface area contributed by atoms with Gasteiger partial charge in [-0.2, -0.15) is 13.2 Å². The molecule has 4 nitrogen and oxygen atoms in total.